The van der Waals surface area contributed by atoms with Crippen LogP contribution in [0.4, 0.5) is 0 Å². The van der Waals surface area contributed by atoms with E-state index in [0.29, 0.717) is 11.8 Å². The van der Waals surface area contributed by atoms with Crippen LogP contribution in [0.25, 0.3) is 0 Å². The van der Waals surface area contributed by atoms with Crippen LogP contribution in [0.1, 0.15) is 29.9 Å². The predicted octanol–water partition coefficient (Wildman–Crippen LogP) is 2.90. The van der Waals surface area contributed by atoms with E-state index >= 15 is 0 Å². The van der Waals surface area contributed by atoms with E-state index in [9.17, 15) is 4.79 Å². The molecule has 18 heavy (non-hydrogen) atoms. The minimum Gasteiger partial charge on any atom is -0.356 e. The second-order valence-electron chi connectivity index (χ2n) is 5.29. The van der Waals surface area contributed by atoms with Crippen molar-refractivity contribution in [2.75, 3.05) is 11.0 Å². The molecule has 0 bridgehead atoms. The van der Waals surface area contributed by atoms with Gasteiger partial charge in [-0.05, 0) is 42.2 Å². The maximum atomic E-state index is 12.1. The fourth-order valence-corrected chi connectivity index (χ4v) is 3.70. The minimum atomic E-state index is 0.253. The molecule has 2 nitrogen and oxygen atoms in total. The molecule has 2 aliphatic rings. The highest BCUT2D eigenvalue weighted by molar-refractivity contribution is 14.1. The van der Waals surface area contributed by atoms with E-state index in [-0.39, 0.29) is 11.8 Å². The smallest absolute Gasteiger partial charge is 0.224 e. The van der Waals surface area contributed by atoms with E-state index in [4.69, 9.17) is 0 Å². The highest BCUT2D eigenvalue weighted by atomic mass is 127. The molecule has 0 aromatic heterocycles. The molecule has 0 heterocycles. The summed E-state index contributed by atoms with van der Waals surface area (Å²) in [6, 6.07) is 8.64. The van der Waals surface area contributed by atoms with Crippen LogP contribution in [0, 0.1) is 11.8 Å². The summed E-state index contributed by atoms with van der Waals surface area (Å²) < 4.78 is 1.11. The van der Waals surface area contributed by atoms with Crippen LogP contribution in [0.3, 0.4) is 0 Å². The number of hydrogen-bond donors (Lipinski definition) is 1. The van der Waals surface area contributed by atoms with Crippen LogP contribution in [0.15, 0.2) is 24.3 Å². The first-order valence-corrected chi connectivity index (χ1v) is 8.27. The zero-order valence-corrected chi connectivity index (χ0v) is 12.5. The number of halogens is 1. The molecule has 3 unspecified atom stereocenters. The Morgan fingerprint density at radius 3 is 3.06 bits per heavy atom. The molecule has 3 atom stereocenters. The van der Waals surface area contributed by atoms with Crippen LogP contribution in [-0.2, 0) is 11.2 Å². The van der Waals surface area contributed by atoms with Crippen molar-refractivity contribution in [1.29, 1.82) is 0 Å². The van der Waals surface area contributed by atoms with Crippen LogP contribution in [0.2, 0.25) is 0 Å². The molecule has 3 rings (SSSR count). The SMILES string of the molecule is O=C(NCCCI)C1C2CCc3ccccc3C21. The fourth-order valence-electron chi connectivity index (χ4n) is 3.32. The zero-order chi connectivity index (χ0) is 12.5. The van der Waals surface area contributed by atoms with Crippen molar-refractivity contribution in [3.8, 4) is 0 Å². The van der Waals surface area contributed by atoms with Crippen LogP contribution >= 0.6 is 22.6 Å². The van der Waals surface area contributed by atoms with Crippen molar-refractivity contribution in [3.05, 3.63) is 35.4 Å². The van der Waals surface area contributed by atoms with Gasteiger partial charge in [0, 0.05) is 16.9 Å². The van der Waals surface area contributed by atoms with Gasteiger partial charge in [-0.2, -0.15) is 0 Å². The van der Waals surface area contributed by atoms with Gasteiger partial charge in [0.2, 0.25) is 5.91 Å². The summed E-state index contributed by atoms with van der Waals surface area (Å²) >= 11 is 2.35. The number of fused-ring (bicyclic) bond motifs is 3. The first-order chi connectivity index (χ1) is 8.83. The van der Waals surface area contributed by atoms with Crippen LogP contribution < -0.4 is 5.32 Å². The van der Waals surface area contributed by atoms with Gasteiger partial charge >= 0.3 is 0 Å². The molecule has 1 aromatic rings. The van der Waals surface area contributed by atoms with Crippen molar-refractivity contribution >= 4 is 28.5 Å². The molecule has 96 valence electrons. The van der Waals surface area contributed by atoms with Gasteiger partial charge in [0.05, 0.1) is 0 Å². The van der Waals surface area contributed by atoms with E-state index < -0.39 is 0 Å². The molecule has 1 fully saturated rings. The van der Waals surface area contributed by atoms with E-state index in [1.807, 2.05) is 0 Å². The number of carbonyl (C=O) groups is 1. The van der Waals surface area contributed by atoms with Gasteiger partial charge in [-0.1, -0.05) is 46.9 Å². The molecular weight excluding hydrogens is 337 g/mol. The number of nitrogens with one attached hydrogen (secondary N) is 1. The first kappa shape index (κ1) is 12.5. The Labute approximate surface area is 122 Å². The zero-order valence-electron chi connectivity index (χ0n) is 10.4. The Morgan fingerprint density at radius 1 is 1.39 bits per heavy atom. The maximum Gasteiger partial charge on any atom is 0.224 e. The number of aryl methyl sites for hydroxylation is 1. The lowest BCUT2D eigenvalue weighted by molar-refractivity contribution is -0.122. The Bertz CT molecular complexity index is 460. The molecule has 1 N–H and O–H groups in total. The monoisotopic (exact) mass is 355 g/mol. The number of amides is 1. The van der Waals surface area contributed by atoms with Gasteiger partial charge in [0.1, 0.15) is 0 Å². The van der Waals surface area contributed by atoms with E-state index in [2.05, 4.69) is 52.2 Å². The summed E-state index contributed by atoms with van der Waals surface area (Å²) in [7, 11) is 0. The van der Waals surface area contributed by atoms with Crippen molar-refractivity contribution in [1.82, 2.24) is 5.32 Å². The lowest BCUT2D eigenvalue weighted by Gasteiger charge is -2.13. The largest absolute Gasteiger partial charge is 0.356 e. The lowest BCUT2D eigenvalue weighted by atomic mass is 9.92. The van der Waals surface area contributed by atoms with Gasteiger partial charge in [-0.3, -0.25) is 4.79 Å². The van der Waals surface area contributed by atoms with Gasteiger partial charge in [-0.15, -0.1) is 0 Å². The third-order valence-corrected chi connectivity index (χ3v) is 5.00. The number of carbonyl (C=O) groups excluding carboxylic acids is 1. The average Bonchev–Trinajstić information content (AvgIpc) is 3.14. The number of hydrogen-bond acceptors (Lipinski definition) is 1. The van der Waals surface area contributed by atoms with Crippen LogP contribution in [0.5, 0.6) is 0 Å². The van der Waals surface area contributed by atoms with Crippen molar-refractivity contribution in [2.45, 2.75) is 25.2 Å². The molecule has 0 radical (unpaired) electrons. The van der Waals surface area contributed by atoms with E-state index in [1.165, 1.54) is 17.5 Å². The molecule has 3 heteroatoms. The maximum absolute atomic E-state index is 12.1. The van der Waals surface area contributed by atoms with Crippen molar-refractivity contribution < 1.29 is 4.79 Å². The molecule has 1 aromatic carbocycles. The molecule has 1 amide bonds. The first-order valence-electron chi connectivity index (χ1n) is 6.74. The van der Waals surface area contributed by atoms with Crippen molar-refractivity contribution in [2.24, 2.45) is 11.8 Å². The standard InChI is InChI=1S/C15H18INO/c16-8-3-9-17-15(18)14-12-7-6-10-4-1-2-5-11(10)13(12)14/h1-2,4-5,12-14H,3,6-9H2,(H,17,18). The summed E-state index contributed by atoms with van der Waals surface area (Å²) in [5.41, 5.74) is 2.89. The van der Waals surface area contributed by atoms with E-state index in [0.717, 1.165) is 23.8 Å². The molecule has 0 saturated heterocycles. The summed E-state index contributed by atoms with van der Waals surface area (Å²) in [6.07, 6.45) is 3.41. The third-order valence-electron chi connectivity index (χ3n) is 4.24. The molecule has 2 aliphatic carbocycles. The number of rotatable bonds is 4. The van der Waals surface area contributed by atoms with Gasteiger partial charge < -0.3 is 5.32 Å². The Kier molecular flexibility index (Phi) is 3.59. The number of benzene rings is 1. The summed E-state index contributed by atoms with van der Waals surface area (Å²) in [5, 5.41) is 3.09. The summed E-state index contributed by atoms with van der Waals surface area (Å²) in [5.74, 6) is 1.66. The highest BCUT2D eigenvalue weighted by Crippen LogP contribution is 2.59. The summed E-state index contributed by atoms with van der Waals surface area (Å²) in [6.45, 7) is 0.833. The quantitative estimate of drug-likeness (QED) is 0.502. The van der Waals surface area contributed by atoms with Gasteiger partial charge in [-0.25, -0.2) is 0 Å². The van der Waals surface area contributed by atoms with Gasteiger partial charge in [0.15, 0.2) is 0 Å². The van der Waals surface area contributed by atoms with Gasteiger partial charge in [0.25, 0.3) is 0 Å². The lowest BCUT2D eigenvalue weighted by Crippen LogP contribution is -2.27. The third kappa shape index (κ3) is 2.17. The summed E-state index contributed by atoms with van der Waals surface area (Å²) in [4.78, 5) is 12.1. The average molecular weight is 355 g/mol. The Balaban J connectivity index is 1.67. The second-order valence-corrected chi connectivity index (χ2v) is 6.37. The Hall–Kier alpha value is -0.580. The normalized spacial score (nSPS) is 28.2. The van der Waals surface area contributed by atoms with Crippen LogP contribution in [-0.4, -0.2) is 16.9 Å². The fraction of sp³-hybridized carbons (Fsp3) is 0.533. The minimum absolute atomic E-state index is 0.253. The van der Waals surface area contributed by atoms with Crippen molar-refractivity contribution in [3.63, 3.8) is 0 Å². The molecule has 0 spiro atoms. The second kappa shape index (κ2) is 5.19. The molecular formula is C15H18INO. The Morgan fingerprint density at radius 2 is 2.22 bits per heavy atom. The highest BCUT2D eigenvalue weighted by Gasteiger charge is 2.56. The topological polar surface area (TPSA) is 29.1 Å². The predicted molar refractivity (Wildman–Crippen MR) is 81.0 cm³/mol. The molecule has 1 saturated carbocycles. The number of alkyl halides is 1. The van der Waals surface area contributed by atoms with E-state index in [1.54, 1.807) is 0 Å². The molecule has 0 aliphatic heterocycles.